The van der Waals surface area contributed by atoms with Gasteiger partial charge in [-0.25, -0.2) is 5.43 Å². The highest BCUT2D eigenvalue weighted by Gasteiger charge is 2.09. The lowest BCUT2D eigenvalue weighted by molar-refractivity contribution is 0.0954. The van der Waals surface area contributed by atoms with Gasteiger partial charge < -0.3 is 9.47 Å². The Labute approximate surface area is 127 Å². The minimum absolute atomic E-state index is 0.305. The smallest absolute Gasteiger partial charge is 0.271 e. The van der Waals surface area contributed by atoms with E-state index in [9.17, 15) is 4.79 Å². The standard InChI is InChI=1S/C15H16N2O3S/c1-10-4-6-12(21-10)9-16-17-15(18)11-5-7-13(19-2)14(8-11)20-3/h4-9H,1-3H3,(H,17,18)/b16-9+. The summed E-state index contributed by atoms with van der Waals surface area (Å²) in [5, 5.41) is 3.94. The molecule has 1 amide bonds. The summed E-state index contributed by atoms with van der Waals surface area (Å²) >= 11 is 1.61. The van der Waals surface area contributed by atoms with E-state index >= 15 is 0 Å². The molecule has 0 atom stereocenters. The summed E-state index contributed by atoms with van der Waals surface area (Å²) in [6.07, 6.45) is 1.62. The van der Waals surface area contributed by atoms with Gasteiger partial charge in [0, 0.05) is 15.3 Å². The Morgan fingerprint density at radius 3 is 2.57 bits per heavy atom. The van der Waals surface area contributed by atoms with Crippen molar-refractivity contribution in [2.45, 2.75) is 6.92 Å². The van der Waals surface area contributed by atoms with Crippen LogP contribution < -0.4 is 14.9 Å². The fourth-order valence-corrected chi connectivity index (χ4v) is 2.47. The van der Waals surface area contributed by atoms with E-state index in [0.717, 1.165) is 4.88 Å². The number of thiophene rings is 1. The molecule has 0 aliphatic carbocycles. The second-order valence-corrected chi connectivity index (χ2v) is 5.54. The fraction of sp³-hybridized carbons (Fsp3) is 0.200. The highest BCUT2D eigenvalue weighted by molar-refractivity contribution is 7.13. The molecular weight excluding hydrogens is 288 g/mol. The summed E-state index contributed by atoms with van der Waals surface area (Å²) in [6.45, 7) is 2.02. The van der Waals surface area contributed by atoms with Gasteiger partial charge in [0.1, 0.15) is 0 Å². The Hall–Kier alpha value is -2.34. The van der Waals surface area contributed by atoms with Crippen LogP contribution in [0.4, 0.5) is 0 Å². The predicted octanol–water partition coefficient (Wildman–Crippen LogP) is 2.84. The number of carbonyl (C=O) groups excluding carboxylic acids is 1. The average molecular weight is 304 g/mol. The van der Waals surface area contributed by atoms with Gasteiger partial charge in [-0.05, 0) is 37.3 Å². The summed E-state index contributed by atoms with van der Waals surface area (Å²) in [6, 6.07) is 8.90. The van der Waals surface area contributed by atoms with Crippen LogP contribution in [0.1, 0.15) is 20.1 Å². The minimum atomic E-state index is -0.305. The maximum Gasteiger partial charge on any atom is 0.271 e. The molecule has 0 fully saturated rings. The third kappa shape index (κ3) is 3.82. The van der Waals surface area contributed by atoms with E-state index in [1.165, 1.54) is 12.0 Å². The molecule has 1 aromatic carbocycles. The van der Waals surface area contributed by atoms with Gasteiger partial charge in [-0.1, -0.05) is 0 Å². The summed E-state index contributed by atoms with van der Waals surface area (Å²) in [5.41, 5.74) is 2.94. The minimum Gasteiger partial charge on any atom is -0.493 e. The number of hydrazone groups is 1. The molecule has 21 heavy (non-hydrogen) atoms. The summed E-state index contributed by atoms with van der Waals surface area (Å²) in [4.78, 5) is 14.2. The molecule has 1 aromatic heterocycles. The van der Waals surface area contributed by atoms with Crippen LogP contribution in [0.5, 0.6) is 11.5 Å². The topological polar surface area (TPSA) is 59.9 Å². The van der Waals surface area contributed by atoms with Gasteiger partial charge in [-0.15, -0.1) is 11.3 Å². The number of aryl methyl sites for hydroxylation is 1. The van der Waals surface area contributed by atoms with Crippen molar-refractivity contribution in [1.82, 2.24) is 5.43 Å². The number of ether oxygens (including phenoxy) is 2. The summed E-state index contributed by atoms with van der Waals surface area (Å²) < 4.78 is 10.3. The van der Waals surface area contributed by atoms with Crippen molar-refractivity contribution >= 4 is 23.5 Å². The normalized spacial score (nSPS) is 10.6. The van der Waals surface area contributed by atoms with Crippen LogP contribution >= 0.6 is 11.3 Å². The number of carbonyl (C=O) groups is 1. The maximum absolute atomic E-state index is 12.0. The van der Waals surface area contributed by atoms with Crippen LogP contribution in [0.2, 0.25) is 0 Å². The molecule has 0 saturated heterocycles. The van der Waals surface area contributed by atoms with Crippen molar-refractivity contribution < 1.29 is 14.3 Å². The number of benzene rings is 1. The number of nitrogens with one attached hydrogen (secondary N) is 1. The molecular formula is C15H16N2O3S. The predicted molar refractivity (Wildman–Crippen MR) is 83.7 cm³/mol. The number of hydrogen-bond acceptors (Lipinski definition) is 5. The zero-order valence-corrected chi connectivity index (χ0v) is 12.9. The van der Waals surface area contributed by atoms with E-state index in [1.807, 2.05) is 19.1 Å². The van der Waals surface area contributed by atoms with Crippen LogP contribution in [0, 0.1) is 6.92 Å². The van der Waals surface area contributed by atoms with Gasteiger partial charge in [-0.3, -0.25) is 4.79 Å². The maximum atomic E-state index is 12.0. The van der Waals surface area contributed by atoms with Crippen LogP contribution in [0.25, 0.3) is 0 Å². The zero-order chi connectivity index (χ0) is 15.2. The Bertz CT molecular complexity index is 665. The Morgan fingerprint density at radius 2 is 1.95 bits per heavy atom. The molecule has 1 N–H and O–H groups in total. The molecule has 0 saturated carbocycles. The number of rotatable bonds is 5. The molecule has 2 aromatic rings. The second kappa shape index (κ2) is 6.90. The van der Waals surface area contributed by atoms with Gasteiger partial charge in [0.05, 0.1) is 20.4 Å². The lowest BCUT2D eigenvalue weighted by Crippen LogP contribution is -2.17. The molecule has 0 spiro atoms. The SMILES string of the molecule is COc1ccc(C(=O)N/N=C/c2ccc(C)s2)cc1OC. The third-order valence-corrected chi connectivity index (χ3v) is 3.70. The van der Waals surface area contributed by atoms with E-state index in [1.54, 1.807) is 42.9 Å². The van der Waals surface area contributed by atoms with Crippen LogP contribution in [-0.2, 0) is 0 Å². The van der Waals surface area contributed by atoms with E-state index in [4.69, 9.17) is 9.47 Å². The molecule has 0 radical (unpaired) electrons. The second-order valence-electron chi connectivity index (χ2n) is 4.22. The van der Waals surface area contributed by atoms with E-state index in [0.29, 0.717) is 17.1 Å². The van der Waals surface area contributed by atoms with Crippen LogP contribution in [-0.4, -0.2) is 26.3 Å². The molecule has 2 rings (SSSR count). The zero-order valence-electron chi connectivity index (χ0n) is 12.0. The largest absolute Gasteiger partial charge is 0.493 e. The van der Waals surface area contributed by atoms with Gasteiger partial charge in [0.2, 0.25) is 0 Å². The molecule has 0 aliphatic rings. The summed E-state index contributed by atoms with van der Waals surface area (Å²) in [5.74, 6) is 0.773. The molecule has 5 nitrogen and oxygen atoms in total. The quantitative estimate of drug-likeness (QED) is 0.682. The van der Waals surface area contributed by atoms with Crippen molar-refractivity contribution in [3.8, 4) is 11.5 Å². The molecule has 0 aliphatic heterocycles. The van der Waals surface area contributed by atoms with Crippen molar-refractivity contribution in [1.29, 1.82) is 0 Å². The molecule has 0 unspecified atom stereocenters. The third-order valence-electron chi connectivity index (χ3n) is 2.76. The highest BCUT2D eigenvalue weighted by Crippen LogP contribution is 2.27. The first-order chi connectivity index (χ1) is 10.1. The monoisotopic (exact) mass is 304 g/mol. The van der Waals surface area contributed by atoms with Crippen molar-refractivity contribution in [3.63, 3.8) is 0 Å². The van der Waals surface area contributed by atoms with E-state index < -0.39 is 0 Å². The highest BCUT2D eigenvalue weighted by atomic mass is 32.1. The number of hydrogen-bond donors (Lipinski definition) is 1. The van der Waals surface area contributed by atoms with Crippen LogP contribution in [0.15, 0.2) is 35.4 Å². The lowest BCUT2D eigenvalue weighted by atomic mass is 10.2. The first-order valence-electron chi connectivity index (χ1n) is 6.26. The number of methoxy groups -OCH3 is 2. The summed E-state index contributed by atoms with van der Waals surface area (Å²) in [7, 11) is 3.07. The van der Waals surface area contributed by atoms with Gasteiger partial charge >= 0.3 is 0 Å². The van der Waals surface area contributed by atoms with Gasteiger partial charge in [-0.2, -0.15) is 5.10 Å². The molecule has 1 heterocycles. The fourth-order valence-electron chi connectivity index (χ4n) is 1.72. The lowest BCUT2D eigenvalue weighted by Gasteiger charge is -2.08. The Morgan fingerprint density at radius 1 is 1.19 bits per heavy atom. The van der Waals surface area contributed by atoms with E-state index in [-0.39, 0.29) is 5.91 Å². The number of nitrogens with zero attached hydrogens (tertiary/aromatic N) is 1. The van der Waals surface area contributed by atoms with Gasteiger partial charge in [0.15, 0.2) is 11.5 Å². The first kappa shape index (κ1) is 15.1. The Kier molecular flexibility index (Phi) is 4.94. The molecule has 0 bridgehead atoms. The average Bonchev–Trinajstić information content (AvgIpc) is 2.91. The molecule has 6 heteroatoms. The van der Waals surface area contributed by atoms with Crippen molar-refractivity contribution in [3.05, 3.63) is 45.6 Å². The number of amides is 1. The van der Waals surface area contributed by atoms with E-state index in [2.05, 4.69) is 10.5 Å². The van der Waals surface area contributed by atoms with Crippen LogP contribution in [0.3, 0.4) is 0 Å². The Balaban J connectivity index is 2.05. The van der Waals surface area contributed by atoms with Crippen molar-refractivity contribution in [2.75, 3.05) is 14.2 Å². The van der Waals surface area contributed by atoms with Crippen molar-refractivity contribution in [2.24, 2.45) is 5.10 Å². The van der Waals surface area contributed by atoms with Gasteiger partial charge in [0.25, 0.3) is 5.91 Å². The first-order valence-corrected chi connectivity index (χ1v) is 7.07. The molecule has 110 valence electrons.